The van der Waals surface area contributed by atoms with E-state index < -0.39 is 29.1 Å². The summed E-state index contributed by atoms with van der Waals surface area (Å²) in [6, 6.07) is 2.61. The van der Waals surface area contributed by atoms with Gasteiger partial charge in [0.15, 0.2) is 17.3 Å². The van der Waals surface area contributed by atoms with Gasteiger partial charge in [-0.15, -0.1) is 5.10 Å². The normalized spacial score (nSPS) is 15.1. The highest BCUT2D eigenvalue weighted by molar-refractivity contribution is 6.33. The summed E-state index contributed by atoms with van der Waals surface area (Å²) in [5.41, 5.74) is 0.333. The monoisotopic (exact) mass is 687 g/mol. The van der Waals surface area contributed by atoms with Gasteiger partial charge in [-0.3, -0.25) is 14.4 Å². The van der Waals surface area contributed by atoms with E-state index in [0.29, 0.717) is 25.3 Å². The molecule has 6 rings (SSSR count). The third-order valence-corrected chi connectivity index (χ3v) is 8.36. The Labute approximate surface area is 275 Å². The molecule has 5 heterocycles. The number of anilines is 2. The van der Waals surface area contributed by atoms with Crippen LogP contribution < -0.4 is 15.8 Å². The molecule has 0 spiro atoms. The molecule has 252 valence electrons. The highest BCUT2D eigenvalue weighted by atomic mass is 35.5. The van der Waals surface area contributed by atoms with E-state index in [4.69, 9.17) is 16.3 Å². The largest absolute Gasteiger partial charge is 0.504 e. The molecule has 4 aromatic rings. The maximum atomic E-state index is 14.0. The molecule has 1 aromatic carbocycles. The number of nitrogens with zero attached hydrogens (tertiary/aromatic N) is 8. The lowest BCUT2D eigenvalue weighted by molar-refractivity contribution is -0.137. The number of rotatable bonds is 7. The van der Waals surface area contributed by atoms with Crippen molar-refractivity contribution < 1.29 is 32.6 Å². The first kappa shape index (κ1) is 32.9. The maximum absolute atomic E-state index is 14.0. The molecule has 2 amide bonds. The predicted molar refractivity (Wildman–Crippen MR) is 167 cm³/mol. The van der Waals surface area contributed by atoms with Crippen molar-refractivity contribution in [1.82, 2.24) is 34.0 Å². The SMILES string of the molecule is CCc1c(N2CCN(C(=O)c3ncnc(C)c3O)CC2)c(=O)n2nc(C=C3COC3)nc2n1CC(=O)Nc1ccc(C(F)(F)F)cc1Cl. The van der Waals surface area contributed by atoms with Crippen molar-refractivity contribution in [3.8, 4) is 5.75 Å². The number of aromatic nitrogens is 6. The Bertz CT molecular complexity index is 2010. The lowest BCUT2D eigenvalue weighted by Gasteiger charge is -2.36. The summed E-state index contributed by atoms with van der Waals surface area (Å²) >= 11 is 6.08. The van der Waals surface area contributed by atoms with Gasteiger partial charge in [0, 0.05) is 26.2 Å². The number of piperazine rings is 1. The molecule has 2 aliphatic rings. The zero-order chi connectivity index (χ0) is 34.3. The van der Waals surface area contributed by atoms with E-state index in [1.165, 1.54) is 15.8 Å². The van der Waals surface area contributed by atoms with Crippen LogP contribution in [0.15, 0.2) is 34.9 Å². The maximum Gasteiger partial charge on any atom is 0.416 e. The van der Waals surface area contributed by atoms with Crippen molar-refractivity contribution >= 4 is 46.6 Å². The second-order valence-electron chi connectivity index (χ2n) is 11.2. The molecule has 0 atom stereocenters. The Morgan fingerprint density at radius 1 is 1.15 bits per heavy atom. The molecule has 48 heavy (non-hydrogen) atoms. The number of hydrogen-bond donors (Lipinski definition) is 2. The number of amides is 2. The van der Waals surface area contributed by atoms with Crippen molar-refractivity contribution in [1.29, 1.82) is 0 Å². The molecule has 0 radical (unpaired) electrons. The highest BCUT2D eigenvalue weighted by Crippen LogP contribution is 2.34. The van der Waals surface area contributed by atoms with Crippen molar-refractivity contribution in [2.24, 2.45) is 0 Å². The molecule has 0 aliphatic carbocycles. The summed E-state index contributed by atoms with van der Waals surface area (Å²) in [7, 11) is 0. The molecule has 2 saturated heterocycles. The molecule has 2 N–H and O–H groups in total. The van der Waals surface area contributed by atoms with E-state index in [9.17, 15) is 32.7 Å². The van der Waals surface area contributed by atoms with E-state index in [1.807, 2.05) is 0 Å². The standard InChI is InChI=1S/C30H29ClF3N9O5/c1-3-21-25(40-6-8-41(9-7-40)27(46)24-26(45)16(2)35-15-36-24)28(47)43-29(38-22(39-43)10-17-13-48-14-17)42(21)12-23(44)37-20-5-4-18(11-19(20)31)30(32,33)34/h4-5,10-11,15,45H,3,6-9,12-14H2,1-2H3,(H,37,44). The number of carbonyl (C=O) groups excluding carboxylic acids is 2. The lowest BCUT2D eigenvalue weighted by Crippen LogP contribution is -2.51. The van der Waals surface area contributed by atoms with E-state index in [0.717, 1.165) is 28.3 Å². The molecule has 0 saturated carbocycles. The van der Waals surface area contributed by atoms with E-state index in [2.05, 4.69) is 25.4 Å². The number of aryl methyl sites for hydroxylation is 1. The van der Waals surface area contributed by atoms with Crippen molar-refractivity contribution in [3.63, 3.8) is 0 Å². The predicted octanol–water partition coefficient (Wildman–Crippen LogP) is 2.94. The van der Waals surface area contributed by atoms with Crippen LogP contribution in [0.5, 0.6) is 5.75 Å². The van der Waals surface area contributed by atoms with Gasteiger partial charge in [-0.2, -0.15) is 22.7 Å². The minimum atomic E-state index is -4.61. The third-order valence-electron chi connectivity index (χ3n) is 8.05. The lowest BCUT2D eigenvalue weighted by atomic mass is 10.2. The summed E-state index contributed by atoms with van der Waals surface area (Å²) in [5, 5.41) is 17.0. The van der Waals surface area contributed by atoms with Gasteiger partial charge in [0.1, 0.15) is 18.6 Å². The van der Waals surface area contributed by atoms with Crippen LogP contribution in [0.25, 0.3) is 11.9 Å². The smallest absolute Gasteiger partial charge is 0.416 e. The number of carbonyl (C=O) groups is 2. The Morgan fingerprint density at radius 3 is 2.50 bits per heavy atom. The fraction of sp³-hybridized carbons (Fsp3) is 0.367. The molecular weight excluding hydrogens is 659 g/mol. The van der Waals surface area contributed by atoms with Crippen LogP contribution in [0.4, 0.5) is 24.5 Å². The van der Waals surface area contributed by atoms with Gasteiger partial charge in [0.05, 0.1) is 40.9 Å². The molecular formula is C30H29ClF3N9O5. The Kier molecular flexibility index (Phi) is 8.82. The molecule has 14 nitrogen and oxygen atoms in total. The number of benzene rings is 1. The van der Waals surface area contributed by atoms with Gasteiger partial charge in [0.2, 0.25) is 11.7 Å². The number of ether oxygens (including phenoxy) is 1. The minimum Gasteiger partial charge on any atom is -0.504 e. The Hall–Kier alpha value is -5.03. The number of alkyl halides is 3. The number of halogens is 4. The number of hydrogen-bond acceptors (Lipinski definition) is 10. The number of aromatic hydroxyl groups is 1. The van der Waals surface area contributed by atoms with Crippen LogP contribution in [0.1, 0.15) is 40.2 Å². The number of fused-ring (bicyclic) bond motifs is 1. The molecule has 2 aliphatic heterocycles. The average molecular weight is 688 g/mol. The van der Waals surface area contributed by atoms with Crippen molar-refractivity contribution in [2.45, 2.75) is 33.0 Å². The van der Waals surface area contributed by atoms with Gasteiger partial charge >= 0.3 is 6.18 Å². The Morgan fingerprint density at radius 2 is 1.88 bits per heavy atom. The van der Waals surface area contributed by atoms with Gasteiger partial charge < -0.3 is 29.5 Å². The molecule has 2 fully saturated rings. The molecule has 0 unspecified atom stereocenters. The third kappa shape index (κ3) is 6.29. The fourth-order valence-corrected chi connectivity index (χ4v) is 5.75. The first-order valence-electron chi connectivity index (χ1n) is 14.9. The fourth-order valence-electron chi connectivity index (χ4n) is 5.52. The molecule has 18 heteroatoms. The summed E-state index contributed by atoms with van der Waals surface area (Å²) in [6.07, 6.45) is -1.42. The first-order chi connectivity index (χ1) is 22.8. The molecule has 3 aromatic heterocycles. The summed E-state index contributed by atoms with van der Waals surface area (Å²) in [5.74, 6) is -1.08. The van der Waals surface area contributed by atoms with E-state index >= 15 is 0 Å². The van der Waals surface area contributed by atoms with Gasteiger partial charge in [-0.05, 0) is 43.2 Å². The van der Waals surface area contributed by atoms with Crippen molar-refractivity contribution in [3.05, 3.63) is 73.9 Å². The number of nitrogens with one attached hydrogen (secondary N) is 1. The van der Waals surface area contributed by atoms with Crippen LogP contribution in [0.2, 0.25) is 5.02 Å². The van der Waals surface area contributed by atoms with Crippen LogP contribution in [0.3, 0.4) is 0 Å². The second kappa shape index (κ2) is 12.9. The summed E-state index contributed by atoms with van der Waals surface area (Å²) in [4.78, 5) is 56.2. The van der Waals surface area contributed by atoms with Crippen LogP contribution >= 0.6 is 11.6 Å². The zero-order valence-electron chi connectivity index (χ0n) is 25.7. The highest BCUT2D eigenvalue weighted by Gasteiger charge is 2.32. The minimum absolute atomic E-state index is 0.0208. The first-order valence-corrected chi connectivity index (χ1v) is 15.2. The zero-order valence-corrected chi connectivity index (χ0v) is 26.5. The summed E-state index contributed by atoms with van der Waals surface area (Å²) < 4.78 is 47.3. The van der Waals surface area contributed by atoms with Crippen LogP contribution in [-0.2, 0) is 28.7 Å². The van der Waals surface area contributed by atoms with Crippen LogP contribution in [0, 0.1) is 6.92 Å². The van der Waals surface area contributed by atoms with Crippen LogP contribution in [-0.4, -0.2) is 90.3 Å². The average Bonchev–Trinajstić information content (AvgIpc) is 3.46. The van der Waals surface area contributed by atoms with Gasteiger partial charge in [0.25, 0.3) is 11.5 Å². The quantitative estimate of drug-likeness (QED) is 0.296. The molecule has 0 bridgehead atoms. The van der Waals surface area contributed by atoms with Crippen molar-refractivity contribution in [2.75, 3.05) is 49.6 Å². The topological polar surface area (TPSA) is 160 Å². The van der Waals surface area contributed by atoms with E-state index in [1.54, 1.807) is 24.8 Å². The van der Waals surface area contributed by atoms with Gasteiger partial charge in [-0.1, -0.05) is 18.5 Å². The Balaban J connectivity index is 1.33. The summed E-state index contributed by atoms with van der Waals surface area (Å²) in [6.45, 7) is 4.66. The second-order valence-corrected chi connectivity index (χ2v) is 11.6. The van der Waals surface area contributed by atoms with E-state index in [-0.39, 0.29) is 77.9 Å². The van der Waals surface area contributed by atoms with Gasteiger partial charge in [-0.25, -0.2) is 9.97 Å².